The van der Waals surface area contributed by atoms with Crippen molar-refractivity contribution in [2.45, 2.75) is 32.6 Å². The highest BCUT2D eigenvalue weighted by Crippen LogP contribution is 2.26. The maximum Gasteiger partial charge on any atom is 0.229 e. The van der Waals surface area contributed by atoms with Crippen molar-refractivity contribution in [2.24, 2.45) is 5.92 Å². The minimum Gasteiger partial charge on any atom is -0.354 e. The lowest BCUT2D eigenvalue weighted by Crippen LogP contribution is -2.41. The Morgan fingerprint density at radius 1 is 1.14 bits per heavy atom. The van der Waals surface area contributed by atoms with Gasteiger partial charge in [0.1, 0.15) is 5.69 Å². The number of rotatable bonds is 5. The maximum atomic E-state index is 12.8. The first-order chi connectivity index (χ1) is 14.1. The summed E-state index contributed by atoms with van der Waals surface area (Å²) in [6, 6.07) is 16.2. The molecule has 0 saturated carbocycles. The van der Waals surface area contributed by atoms with Crippen LogP contribution < -0.4 is 10.2 Å². The highest BCUT2D eigenvalue weighted by Gasteiger charge is 2.27. The van der Waals surface area contributed by atoms with Crippen molar-refractivity contribution in [2.75, 3.05) is 23.3 Å². The van der Waals surface area contributed by atoms with E-state index in [1.165, 1.54) is 5.56 Å². The van der Waals surface area contributed by atoms with Crippen LogP contribution in [0.15, 0.2) is 53.9 Å². The summed E-state index contributed by atoms with van der Waals surface area (Å²) in [4.78, 5) is 16.1. The van der Waals surface area contributed by atoms with E-state index in [0.717, 1.165) is 41.5 Å². The minimum absolute atomic E-state index is 0.0488. The number of aromatic nitrogens is 2. The Hall–Kier alpha value is -2.73. The lowest BCUT2D eigenvalue weighted by atomic mass is 9.97. The van der Waals surface area contributed by atoms with Gasteiger partial charge in [0.15, 0.2) is 5.82 Å². The van der Waals surface area contributed by atoms with Crippen LogP contribution in [0.25, 0.3) is 10.6 Å². The van der Waals surface area contributed by atoms with Gasteiger partial charge in [0.05, 0.1) is 10.8 Å². The Labute approximate surface area is 175 Å². The number of anilines is 2. The van der Waals surface area contributed by atoms with Gasteiger partial charge in [0, 0.05) is 18.8 Å². The van der Waals surface area contributed by atoms with E-state index in [-0.39, 0.29) is 11.8 Å². The number of hydrogen-bond acceptors (Lipinski definition) is 5. The normalized spacial score (nSPS) is 16.8. The molecule has 1 N–H and O–H groups in total. The summed E-state index contributed by atoms with van der Waals surface area (Å²) in [5, 5.41) is 13.9. The van der Waals surface area contributed by atoms with Gasteiger partial charge in [-0.15, -0.1) is 21.5 Å². The van der Waals surface area contributed by atoms with Crippen LogP contribution in [0.3, 0.4) is 0 Å². The quantitative estimate of drug-likeness (QED) is 0.634. The summed E-state index contributed by atoms with van der Waals surface area (Å²) in [5.41, 5.74) is 3.02. The fraction of sp³-hybridized carbons (Fsp3) is 0.348. The van der Waals surface area contributed by atoms with Crippen molar-refractivity contribution < 1.29 is 4.79 Å². The third-order valence-electron chi connectivity index (χ3n) is 5.39. The molecule has 1 saturated heterocycles. The van der Waals surface area contributed by atoms with Gasteiger partial charge in [-0.25, -0.2) is 0 Å². The Morgan fingerprint density at radius 2 is 1.97 bits per heavy atom. The molecule has 3 aromatic rings. The lowest BCUT2D eigenvalue weighted by molar-refractivity contribution is -0.120. The first-order valence-electron chi connectivity index (χ1n) is 10.1. The molecular weight excluding hydrogens is 380 g/mol. The lowest BCUT2D eigenvalue weighted by Gasteiger charge is -2.32. The van der Waals surface area contributed by atoms with Gasteiger partial charge in [-0.05, 0) is 60.0 Å². The topological polar surface area (TPSA) is 58.1 Å². The van der Waals surface area contributed by atoms with Gasteiger partial charge in [-0.2, -0.15) is 0 Å². The monoisotopic (exact) mass is 406 g/mol. The Morgan fingerprint density at radius 3 is 2.62 bits per heavy atom. The molecule has 2 aromatic heterocycles. The van der Waals surface area contributed by atoms with Crippen molar-refractivity contribution >= 4 is 28.7 Å². The van der Waals surface area contributed by atoms with E-state index in [1.54, 1.807) is 11.3 Å². The van der Waals surface area contributed by atoms with E-state index in [0.29, 0.717) is 12.5 Å². The van der Waals surface area contributed by atoms with E-state index in [9.17, 15) is 4.79 Å². The van der Waals surface area contributed by atoms with Gasteiger partial charge < -0.3 is 10.2 Å². The zero-order chi connectivity index (χ0) is 20.2. The molecule has 1 aliphatic rings. The fourth-order valence-corrected chi connectivity index (χ4v) is 4.34. The van der Waals surface area contributed by atoms with Crippen molar-refractivity contribution in [1.82, 2.24) is 10.2 Å². The van der Waals surface area contributed by atoms with Gasteiger partial charge in [0.2, 0.25) is 5.91 Å². The second-order valence-corrected chi connectivity index (χ2v) is 8.75. The zero-order valence-corrected chi connectivity index (χ0v) is 17.7. The first kappa shape index (κ1) is 19.6. The summed E-state index contributed by atoms with van der Waals surface area (Å²) < 4.78 is 0. The molecular formula is C23H26N4OS. The minimum atomic E-state index is -0.0488. The van der Waals surface area contributed by atoms with Gasteiger partial charge >= 0.3 is 0 Å². The van der Waals surface area contributed by atoms with Gasteiger partial charge in [-0.1, -0.05) is 32.0 Å². The van der Waals surface area contributed by atoms with Crippen molar-refractivity contribution in [1.29, 1.82) is 0 Å². The summed E-state index contributed by atoms with van der Waals surface area (Å²) in [6.07, 6.45) is 1.87. The smallest absolute Gasteiger partial charge is 0.229 e. The molecule has 1 amide bonds. The number of benzene rings is 1. The number of hydrogen-bond donors (Lipinski definition) is 1. The van der Waals surface area contributed by atoms with Crippen LogP contribution in [-0.4, -0.2) is 29.2 Å². The summed E-state index contributed by atoms with van der Waals surface area (Å²) in [5.74, 6) is 1.35. The molecule has 0 spiro atoms. The van der Waals surface area contributed by atoms with Gasteiger partial charge in [-0.3, -0.25) is 4.79 Å². The van der Waals surface area contributed by atoms with Crippen LogP contribution in [0.4, 0.5) is 11.5 Å². The Balaban J connectivity index is 1.39. The zero-order valence-electron chi connectivity index (χ0n) is 16.8. The van der Waals surface area contributed by atoms with E-state index < -0.39 is 0 Å². The van der Waals surface area contributed by atoms with Crippen LogP contribution in [0.5, 0.6) is 0 Å². The average molecular weight is 407 g/mol. The first-order valence-corrected chi connectivity index (χ1v) is 11.0. The number of nitrogens with one attached hydrogen (secondary N) is 1. The van der Waals surface area contributed by atoms with Crippen LogP contribution >= 0.6 is 11.3 Å². The Bertz CT molecular complexity index is 936. The molecule has 4 rings (SSSR count). The third-order valence-corrected chi connectivity index (χ3v) is 6.28. The molecule has 1 atom stereocenters. The highest BCUT2D eigenvalue weighted by atomic mass is 32.1. The predicted octanol–water partition coefficient (Wildman–Crippen LogP) is 5.18. The molecule has 0 aliphatic carbocycles. The van der Waals surface area contributed by atoms with Crippen LogP contribution in [0.2, 0.25) is 0 Å². The summed E-state index contributed by atoms with van der Waals surface area (Å²) in [6.45, 7) is 5.91. The SMILES string of the molecule is CC(C)c1ccc(NC(=O)C2CCCN(c3ccc(-c4cccs4)nn3)C2)cc1. The van der Waals surface area contributed by atoms with E-state index >= 15 is 0 Å². The Kier molecular flexibility index (Phi) is 5.90. The molecule has 1 aliphatic heterocycles. The standard InChI is InChI=1S/C23H26N4OS/c1-16(2)17-7-9-19(10-8-17)24-23(28)18-5-3-13-27(15-18)22-12-11-20(25-26-22)21-6-4-14-29-21/h4,6-12,14,16,18H,3,5,13,15H2,1-2H3,(H,24,28). The fourth-order valence-electron chi connectivity index (χ4n) is 3.64. The number of nitrogens with zero attached hydrogens (tertiary/aromatic N) is 3. The number of thiophene rings is 1. The van der Waals surface area contributed by atoms with E-state index in [1.807, 2.05) is 41.8 Å². The second kappa shape index (κ2) is 8.74. The molecule has 5 nitrogen and oxygen atoms in total. The van der Waals surface area contributed by atoms with Crippen LogP contribution in [0.1, 0.15) is 38.2 Å². The number of carbonyl (C=O) groups excluding carboxylic acids is 1. The predicted molar refractivity (Wildman–Crippen MR) is 119 cm³/mol. The highest BCUT2D eigenvalue weighted by molar-refractivity contribution is 7.13. The number of piperidine rings is 1. The largest absolute Gasteiger partial charge is 0.354 e. The number of amides is 1. The van der Waals surface area contributed by atoms with Crippen molar-refractivity contribution in [3.8, 4) is 10.6 Å². The maximum absolute atomic E-state index is 12.8. The van der Waals surface area contributed by atoms with Crippen LogP contribution in [0, 0.1) is 5.92 Å². The van der Waals surface area contributed by atoms with Gasteiger partial charge in [0.25, 0.3) is 0 Å². The van der Waals surface area contributed by atoms with Crippen molar-refractivity contribution in [3.05, 3.63) is 59.5 Å². The van der Waals surface area contributed by atoms with E-state index in [2.05, 4.69) is 46.4 Å². The average Bonchev–Trinajstić information content (AvgIpc) is 3.29. The molecule has 150 valence electrons. The molecule has 1 fully saturated rings. The molecule has 1 aromatic carbocycles. The molecule has 3 heterocycles. The number of carbonyl (C=O) groups is 1. The van der Waals surface area contributed by atoms with Crippen molar-refractivity contribution in [3.63, 3.8) is 0 Å². The molecule has 29 heavy (non-hydrogen) atoms. The molecule has 0 bridgehead atoms. The summed E-state index contributed by atoms with van der Waals surface area (Å²) in [7, 11) is 0. The molecule has 1 unspecified atom stereocenters. The summed E-state index contributed by atoms with van der Waals surface area (Å²) >= 11 is 1.66. The third kappa shape index (κ3) is 4.65. The molecule has 6 heteroatoms. The second-order valence-electron chi connectivity index (χ2n) is 7.81. The van der Waals surface area contributed by atoms with Crippen LogP contribution in [-0.2, 0) is 4.79 Å². The molecule has 0 radical (unpaired) electrons. The van der Waals surface area contributed by atoms with E-state index in [4.69, 9.17) is 0 Å².